The number of carbonyl (C=O) groups excluding carboxylic acids is 2. The number of nitrogens with one attached hydrogen (secondary N) is 2. The van der Waals surface area contributed by atoms with Gasteiger partial charge in [-0.1, -0.05) is 29.8 Å². The Kier molecular flexibility index (Phi) is 7.47. The number of carbonyl (C=O) groups is 2. The third-order valence-electron chi connectivity index (χ3n) is 1.48. The minimum Gasteiger partial charge on any atom is -0.354 e. The lowest BCUT2D eigenvalue weighted by Crippen LogP contribution is -2.38. The van der Waals surface area contributed by atoms with Crippen molar-refractivity contribution < 1.29 is 9.59 Å². The molecule has 0 saturated heterocycles. The molecule has 14 heavy (non-hydrogen) atoms. The summed E-state index contributed by atoms with van der Waals surface area (Å²) >= 11 is 3.15. The van der Waals surface area contributed by atoms with Crippen LogP contribution in [-0.2, 0) is 9.59 Å². The summed E-state index contributed by atoms with van der Waals surface area (Å²) in [5, 5.41) is 5.86. The first kappa shape index (κ1) is 13.4. The van der Waals surface area contributed by atoms with Crippen molar-refractivity contribution >= 4 is 27.7 Å². The molecule has 0 aromatic carbocycles. The molecule has 0 unspecified atom stereocenters. The highest BCUT2D eigenvalue weighted by Gasteiger charge is 2.04. The zero-order valence-corrected chi connectivity index (χ0v) is 10.2. The fraction of sp³-hybridized carbons (Fsp3) is 0.778. The summed E-state index contributed by atoms with van der Waals surface area (Å²) in [7, 11) is 0. The van der Waals surface area contributed by atoms with E-state index in [1.54, 1.807) is 0 Å². The molecule has 0 atom stereocenters. The Bertz CT molecular complexity index is 195. The number of hydrogen-bond donors (Lipinski definition) is 2. The van der Waals surface area contributed by atoms with E-state index in [0.717, 1.165) is 0 Å². The normalized spacial score (nSPS) is 10.0. The maximum Gasteiger partial charge on any atom is 0.239 e. The van der Waals surface area contributed by atoms with Gasteiger partial charge in [-0.2, -0.15) is 0 Å². The Morgan fingerprint density at radius 1 is 1.21 bits per heavy atom. The molecule has 0 heterocycles. The molecular weight excluding hydrogens is 248 g/mol. The number of halogens is 1. The summed E-state index contributed by atoms with van der Waals surface area (Å²) in [4.78, 5) is 22.1. The molecule has 0 fully saturated rings. The highest BCUT2D eigenvalue weighted by Crippen LogP contribution is 1.87. The van der Waals surface area contributed by atoms with Crippen LogP contribution in [0.15, 0.2) is 0 Å². The van der Waals surface area contributed by atoms with Crippen molar-refractivity contribution in [2.75, 3.05) is 18.4 Å². The average molecular weight is 265 g/mol. The molecule has 0 rings (SSSR count). The zero-order chi connectivity index (χ0) is 11.0. The highest BCUT2D eigenvalue weighted by atomic mass is 79.9. The summed E-state index contributed by atoms with van der Waals surface area (Å²) in [5.74, 6) is 0.181. The fourth-order valence-corrected chi connectivity index (χ4v) is 1.09. The number of alkyl halides is 1. The lowest BCUT2D eigenvalue weighted by molar-refractivity contribution is -0.125. The van der Waals surface area contributed by atoms with Crippen LogP contribution in [0.3, 0.4) is 0 Å². The predicted molar refractivity (Wildman–Crippen MR) is 59.3 cm³/mol. The topological polar surface area (TPSA) is 58.2 Å². The molecule has 2 N–H and O–H groups in total. The lowest BCUT2D eigenvalue weighted by Gasteiger charge is -2.08. The first-order chi connectivity index (χ1) is 6.56. The summed E-state index contributed by atoms with van der Waals surface area (Å²) < 4.78 is 0. The summed E-state index contributed by atoms with van der Waals surface area (Å²) in [6, 6.07) is 0. The molecule has 0 radical (unpaired) electrons. The van der Waals surface area contributed by atoms with Crippen LogP contribution in [0.1, 0.15) is 20.3 Å². The summed E-state index contributed by atoms with van der Waals surface area (Å²) in [6.45, 7) is 4.75. The second kappa shape index (κ2) is 7.79. The van der Waals surface area contributed by atoms with Crippen LogP contribution in [-0.4, -0.2) is 30.2 Å². The van der Waals surface area contributed by atoms with Gasteiger partial charge >= 0.3 is 0 Å². The third-order valence-corrected chi connectivity index (χ3v) is 1.87. The van der Waals surface area contributed by atoms with Gasteiger partial charge in [0, 0.05) is 18.3 Å². The van der Waals surface area contributed by atoms with Gasteiger partial charge in [-0.15, -0.1) is 0 Å². The van der Waals surface area contributed by atoms with E-state index in [9.17, 15) is 9.59 Å². The lowest BCUT2D eigenvalue weighted by atomic mass is 10.2. The van der Waals surface area contributed by atoms with Gasteiger partial charge in [0.25, 0.3) is 0 Å². The van der Waals surface area contributed by atoms with Crippen LogP contribution in [0.25, 0.3) is 0 Å². The third kappa shape index (κ3) is 8.04. The smallest absolute Gasteiger partial charge is 0.239 e. The Morgan fingerprint density at radius 2 is 1.86 bits per heavy atom. The molecule has 0 aliphatic heterocycles. The zero-order valence-electron chi connectivity index (χ0n) is 8.60. The van der Waals surface area contributed by atoms with Gasteiger partial charge < -0.3 is 10.6 Å². The van der Waals surface area contributed by atoms with Gasteiger partial charge in [0.15, 0.2) is 0 Å². The van der Waals surface area contributed by atoms with Gasteiger partial charge in [0.05, 0.1) is 6.54 Å². The van der Waals surface area contributed by atoms with Crippen molar-refractivity contribution in [3.63, 3.8) is 0 Å². The van der Waals surface area contributed by atoms with Crippen LogP contribution in [0.2, 0.25) is 0 Å². The van der Waals surface area contributed by atoms with Gasteiger partial charge in [0.1, 0.15) is 0 Å². The minimum atomic E-state index is -0.137. The number of hydrogen-bond acceptors (Lipinski definition) is 2. The summed E-state index contributed by atoms with van der Waals surface area (Å²) in [5.41, 5.74) is 0. The predicted octanol–water partition coefficient (Wildman–Crippen LogP) is 0.660. The minimum absolute atomic E-state index is 0.0680. The Balaban J connectivity index is 3.48. The van der Waals surface area contributed by atoms with Crippen LogP contribution in [0.5, 0.6) is 0 Å². The highest BCUT2D eigenvalue weighted by molar-refractivity contribution is 9.09. The molecule has 0 aromatic heterocycles. The molecule has 82 valence electrons. The van der Waals surface area contributed by atoms with E-state index in [1.807, 2.05) is 13.8 Å². The quantitative estimate of drug-likeness (QED) is 0.693. The van der Waals surface area contributed by atoms with Crippen molar-refractivity contribution in [3.8, 4) is 0 Å². The molecular formula is C9H17BrN2O2. The van der Waals surface area contributed by atoms with Crippen LogP contribution in [0, 0.1) is 5.92 Å². The Hall–Kier alpha value is -0.580. The Morgan fingerprint density at radius 3 is 2.36 bits per heavy atom. The van der Waals surface area contributed by atoms with Crippen LogP contribution in [0.4, 0.5) is 0 Å². The van der Waals surface area contributed by atoms with Crippen LogP contribution >= 0.6 is 15.9 Å². The first-order valence-corrected chi connectivity index (χ1v) is 5.77. The van der Waals surface area contributed by atoms with Crippen molar-refractivity contribution in [1.29, 1.82) is 0 Å². The van der Waals surface area contributed by atoms with Crippen molar-refractivity contribution in [1.82, 2.24) is 10.6 Å². The molecule has 0 aliphatic carbocycles. The van der Waals surface area contributed by atoms with Crippen molar-refractivity contribution in [3.05, 3.63) is 0 Å². The SMILES string of the molecule is CC(C)CNC(=O)CNC(=O)CCBr. The second-order valence-electron chi connectivity index (χ2n) is 3.41. The van der Waals surface area contributed by atoms with E-state index in [0.29, 0.717) is 24.2 Å². The number of rotatable bonds is 6. The van der Waals surface area contributed by atoms with Crippen molar-refractivity contribution in [2.45, 2.75) is 20.3 Å². The monoisotopic (exact) mass is 264 g/mol. The largest absolute Gasteiger partial charge is 0.354 e. The van der Waals surface area contributed by atoms with E-state index in [2.05, 4.69) is 26.6 Å². The summed E-state index contributed by atoms with van der Waals surface area (Å²) in [6.07, 6.45) is 0.400. The molecule has 0 aromatic rings. The molecule has 0 bridgehead atoms. The van der Waals surface area contributed by atoms with Crippen LogP contribution < -0.4 is 10.6 Å². The first-order valence-electron chi connectivity index (χ1n) is 4.65. The van der Waals surface area contributed by atoms with E-state index in [-0.39, 0.29) is 18.4 Å². The fourth-order valence-electron chi connectivity index (χ4n) is 0.734. The molecule has 4 nitrogen and oxygen atoms in total. The number of amides is 2. The van der Waals surface area contributed by atoms with E-state index >= 15 is 0 Å². The van der Waals surface area contributed by atoms with Gasteiger partial charge in [0.2, 0.25) is 11.8 Å². The van der Waals surface area contributed by atoms with Gasteiger partial charge in [-0.05, 0) is 5.92 Å². The van der Waals surface area contributed by atoms with E-state index in [4.69, 9.17) is 0 Å². The Labute approximate surface area is 92.9 Å². The maximum absolute atomic E-state index is 11.1. The second-order valence-corrected chi connectivity index (χ2v) is 4.21. The standard InChI is InChI=1S/C9H17BrN2O2/c1-7(2)5-11-9(14)6-12-8(13)3-4-10/h7H,3-6H2,1-2H3,(H,11,14)(H,12,13). The van der Waals surface area contributed by atoms with Gasteiger partial charge in [-0.3, -0.25) is 9.59 Å². The molecule has 0 spiro atoms. The molecule has 0 aliphatic rings. The maximum atomic E-state index is 11.1. The average Bonchev–Trinajstić information content (AvgIpc) is 2.12. The van der Waals surface area contributed by atoms with Gasteiger partial charge in [-0.25, -0.2) is 0 Å². The van der Waals surface area contributed by atoms with E-state index < -0.39 is 0 Å². The van der Waals surface area contributed by atoms with E-state index in [1.165, 1.54) is 0 Å². The molecule has 2 amide bonds. The van der Waals surface area contributed by atoms with Crippen molar-refractivity contribution in [2.24, 2.45) is 5.92 Å². The molecule has 5 heteroatoms. The molecule has 0 saturated carbocycles.